The molecule has 0 saturated heterocycles. The van der Waals surface area contributed by atoms with E-state index >= 15 is 0 Å². The third kappa shape index (κ3) is 3.99. The lowest BCUT2D eigenvalue weighted by molar-refractivity contribution is 0.128. The second-order valence-electron chi connectivity index (χ2n) is 4.10. The summed E-state index contributed by atoms with van der Waals surface area (Å²) >= 11 is 5.81. The van der Waals surface area contributed by atoms with Crippen molar-refractivity contribution < 1.29 is 13.5 Å². The van der Waals surface area contributed by atoms with Crippen molar-refractivity contribution >= 4 is 28.9 Å². The number of benzene rings is 1. The van der Waals surface area contributed by atoms with Crippen LogP contribution >= 0.6 is 11.6 Å². The van der Waals surface area contributed by atoms with E-state index in [-0.39, 0.29) is 29.0 Å². The van der Waals surface area contributed by atoms with E-state index in [1.165, 1.54) is 6.07 Å². The second kappa shape index (κ2) is 6.64. The minimum Gasteiger partial charge on any atom is -0.384 e. The van der Waals surface area contributed by atoms with Crippen molar-refractivity contribution in [2.24, 2.45) is 0 Å². The number of nitrogen functional groups attached to an aromatic ring is 1. The van der Waals surface area contributed by atoms with Crippen LogP contribution in [0.2, 0.25) is 5.02 Å². The first-order valence-electron chi connectivity index (χ1n) is 6.12. The van der Waals surface area contributed by atoms with E-state index in [1.54, 1.807) is 0 Å². The summed E-state index contributed by atoms with van der Waals surface area (Å²) < 4.78 is 31.9. The smallest absolute Gasteiger partial charge is 0.158 e. The SMILES string of the molecule is CCOCc1nc(N)cc(Nc2c(F)cc(F)cc2Cl)n1. The Morgan fingerprint density at radius 3 is 2.71 bits per heavy atom. The molecule has 0 spiro atoms. The molecule has 0 unspecified atom stereocenters. The fraction of sp³-hybridized carbons (Fsp3) is 0.231. The van der Waals surface area contributed by atoms with Gasteiger partial charge in [-0.2, -0.15) is 0 Å². The minimum absolute atomic E-state index is 0.0847. The molecule has 0 amide bonds. The highest BCUT2D eigenvalue weighted by Gasteiger charge is 2.12. The van der Waals surface area contributed by atoms with Crippen LogP contribution < -0.4 is 11.1 Å². The summed E-state index contributed by atoms with van der Waals surface area (Å²) in [6.45, 7) is 2.51. The summed E-state index contributed by atoms with van der Waals surface area (Å²) in [4.78, 5) is 8.11. The maximum atomic E-state index is 13.7. The van der Waals surface area contributed by atoms with Crippen molar-refractivity contribution in [3.05, 3.63) is 40.7 Å². The van der Waals surface area contributed by atoms with Crippen molar-refractivity contribution in [2.45, 2.75) is 13.5 Å². The normalized spacial score (nSPS) is 10.7. The summed E-state index contributed by atoms with van der Waals surface area (Å²) in [6, 6.07) is 3.13. The number of nitrogens with two attached hydrogens (primary N) is 1. The van der Waals surface area contributed by atoms with Crippen LogP contribution in [0.1, 0.15) is 12.7 Å². The van der Waals surface area contributed by atoms with Crippen LogP contribution in [0.25, 0.3) is 0 Å². The molecular formula is C13H13ClF2N4O. The Balaban J connectivity index is 2.29. The van der Waals surface area contributed by atoms with E-state index in [2.05, 4.69) is 15.3 Å². The summed E-state index contributed by atoms with van der Waals surface area (Å²) in [5, 5.41) is 2.56. The molecule has 1 aromatic heterocycles. The molecule has 0 aliphatic rings. The van der Waals surface area contributed by atoms with Crippen molar-refractivity contribution in [3.8, 4) is 0 Å². The molecule has 21 heavy (non-hydrogen) atoms. The van der Waals surface area contributed by atoms with Gasteiger partial charge in [-0.1, -0.05) is 11.6 Å². The monoisotopic (exact) mass is 314 g/mol. The fourth-order valence-corrected chi connectivity index (χ4v) is 1.87. The highest BCUT2D eigenvalue weighted by atomic mass is 35.5. The van der Waals surface area contributed by atoms with Crippen LogP contribution in [0.15, 0.2) is 18.2 Å². The number of halogens is 3. The summed E-state index contributed by atoms with van der Waals surface area (Å²) in [6.07, 6.45) is 0. The third-order valence-electron chi connectivity index (χ3n) is 2.49. The van der Waals surface area contributed by atoms with Gasteiger partial charge in [0.1, 0.15) is 24.1 Å². The Bertz CT molecular complexity index is 631. The van der Waals surface area contributed by atoms with E-state index < -0.39 is 11.6 Å². The van der Waals surface area contributed by atoms with Gasteiger partial charge in [0.2, 0.25) is 0 Å². The number of nitrogens with one attached hydrogen (secondary N) is 1. The molecular weight excluding hydrogens is 302 g/mol. The molecule has 3 N–H and O–H groups in total. The number of nitrogens with zero attached hydrogens (tertiary/aromatic N) is 2. The van der Waals surface area contributed by atoms with Gasteiger partial charge >= 0.3 is 0 Å². The molecule has 1 heterocycles. The number of hydrogen-bond donors (Lipinski definition) is 2. The first kappa shape index (κ1) is 15.4. The van der Waals surface area contributed by atoms with Gasteiger partial charge in [0.15, 0.2) is 11.6 Å². The summed E-state index contributed by atoms with van der Waals surface area (Å²) in [5.41, 5.74) is 5.57. The molecule has 2 aromatic rings. The zero-order valence-electron chi connectivity index (χ0n) is 11.2. The molecule has 0 bridgehead atoms. The van der Waals surface area contributed by atoms with E-state index in [0.29, 0.717) is 12.4 Å². The number of anilines is 3. The fourth-order valence-electron chi connectivity index (χ4n) is 1.63. The Labute approximate surface area is 125 Å². The maximum absolute atomic E-state index is 13.7. The van der Waals surface area contributed by atoms with Crippen LogP contribution in [-0.4, -0.2) is 16.6 Å². The van der Waals surface area contributed by atoms with Crippen LogP contribution in [0.5, 0.6) is 0 Å². The molecule has 112 valence electrons. The lowest BCUT2D eigenvalue weighted by atomic mass is 10.3. The molecule has 0 aliphatic carbocycles. The number of aromatic nitrogens is 2. The predicted octanol–water partition coefficient (Wildman–Crippen LogP) is 3.27. The average Bonchev–Trinajstić information content (AvgIpc) is 2.40. The van der Waals surface area contributed by atoms with Gasteiger partial charge in [-0.15, -0.1) is 0 Å². The Morgan fingerprint density at radius 2 is 2.05 bits per heavy atom. The molecule has 0 aliphatic heterocycles. The van der Waals surface area contributed by atoms with E-state index in [1.807, 2.05) is 6.92 Å². The first-order chi connectivity index (χ1) is 9.99. The quantitative estimate of drug-likeness (QED) is 0.886. The highest BCUT2D eigenvalue weighted by Crippen LogP contribution is 2.29. The molecule has 0 fully saturated rings. The largest absolute Gasteiger partial charge is 0.384 e. The Kier molecular flexibility index (Phi) is 4.87. The van der Waals surface area contributed by atoms with Crippen molar-refractivity contribution in [2.75, 3.05) is 17.7 Å². The Morgan fingerprint density at radius 1 is 1.29 bits per heavy atom. The van der Waals surface area contributed by atoms with Gasteiger partial charge < -0.3 is 15.8 Å². The molecule has 2 rings (SSSR count). The summed E-state index contributed by atoms with van der Waals surface area (Å²) in [7, 11) is 0. The maximum Gasteiger partial charge on any atom is 0.158 e. The zero-order chi connectivity index (χ0) is 15.4. The number of rotatable bonds is 5. The van der Waals surface area contributed by atoms with Gasteiger partial charge in [-0.25, -0.2) is 18.7 Å². The van der Waals surface area contributed by atoms with Crippen LogP contribution in [0.4, 0.5) is 26.1 Å². The molecule has 5 nitrogen and oxygen atoms in total. The lowest BCUT2D eigenvalue weighted by Gasteiger charge is -2.11. The molecule has 0 atom stereocenters. The second-order valence-corrected chi connectivity index (χ2v) is 4.51. The average molecular weight is 315 g/mol. The number of hydrogen-bond acceptors (Lipinski definition) is 5. The predicted molar refractivity (Wildman–Crippen MR) is 76.4 cm³/mol. The van der Waals surface area contributed by atoms with Gasteiger partial charge in [-0.3, -0.25) is 0 Å². The lowest BCUT2D eigenvalue weighted by Crippen LogP contribution is -2.06. The molecule has 0 saturated carbocycles. The molecule has 8 heteroatoms. The van der Waals surface area contributed by atoms with Gasteiger partial charge in [0.05, 0.1) is 10.7 Å². The van der Waals surface area contributed by atoms with Gasteiger partial charge in [0.25, 0.3) is 0 Å². The van der Waals surface area contributed by atoms with Gasteiger partial charge in [-0.05, 0) is 13.0 Å². The summed E-state index contributed by atoms with van der Waals surface area (Å²) in [5.74, 6) is -0.811. The third-order valence-corrected chi connectivity index (χ3v) is 2.79. The zero-order valence-corrected chi connectivity index (χ0v) is 11.9. The van der Waals surface area contributed by atoms with Crippen LogP contribution in [-0.2, 0) is 11.3 Å². The van der Waals surface area contributed by atoms with E-state index in [9.17, 15) is 8.78 Å². The van der Waals surface area contributed by atoms with Crippen LogP contribution in [0.3, 0.4) is 0 Å². The highest BCUT2D eigenvalue weighted by molar-refractivity contribution is 6.33. The topological polar surface area (TPSA) is 73.1 Å². The van der Waals surface area contributed by atoms with Gasteiger partial charge in [0, 0.05) is 18.7 Å². The molecule has 0 radical (unpaired) electrons. The van der Waals surface area contributed by atoms with Crippen molar-refractivity contribution in [1.29, 1.82) is 0 Å². The first-order valence-corrected chi connectivity index (χ1v) is 6.50. The molecule has 1 aromatic carbocycles. The Hall–Kier alpha value is -1.99. The van der Waals surface area contributed by atoms with Crippen molar-refractivity contribution in [3.63, 3.8) is 0 Å². The number of ether oxygens (including phenoxy) is 1. The van der Waals surface area contributed by atoms with E-state index in [4.69, 9.17) is 22.1 Å². The standard InChI is InChI=1S/C13H13ClF2N4O/c1-2-21-6-12-18-10(17)5-11(19-12)20-13-8(14)3-7(15)4-9(13)16/h3-5H,2,6H2,1H3,(H3,17,18,19,20). The van der Waals surface area contributed by atoms with Crippen LogP contribution in [0, 0.1) is 11.6 Å². The van der Waals surface area contributed by atoms with Crippen molar-refractivity contribution in [1.82, 2.24) is 9.97 Å². The van der Waals surface area contributed by atoms with E-state index in [0.717, 1.165) is 12.1 Å². The minimum atomic E-state index is -0.830.